The lowest BCUT2D eigenvalue weighted by Crippen LogP contribution is -2.13. The number of nitrogens with one attached hydrogen (secondary N) is 1. The Hall–Kier alpha value is -2.54. The van der Waals surface area contributed by atoms with Gasteiger partial charge in [-0.2, -0.15) is 10.2 Å². The molecule has 0 bridgehead atoms. The predicted molar refractivity (Wildman–Crippen MR) is 68.0 cm³/mol. The zero-order valence-electron chi connectivity index (χ0n) is 10.1. The zero-order valence-corrected chi connectivity index (χ0v) is 10.1. The summed E-state index contributed by atoms with van der Waals surface area (Å²) in [6.07, 6.45) is 3.10. The lowest BCUT2D eigenvalue weighted by Gasteiger charge is -2.06. The van der Waals surface area contributed by atoms with Crippen molar-refractivity contribution in [1.82, 2.24) is 29.9 Å². The van der Waals surface area contributed by atoms with E-state index in [-0.39, 0.29) is 6.04 Å². The molecule has 0 aliphatic rings. The van der Waals surface area contributed by atoms with Crippen LogP contribution in [0.4, 0.5) is 0 Å². The first kappa shape index (κ1) is 11.5. The molecule has 0 fully saturated rings. The van der Waals surface area contributed by atoms with Gasteiger partial charge in [0, 0.05) is 0 Å². The molecule has 2 aromatic heterocycles. The van der Waals surface area contributed by atoms with Gasteiger partial charge in [0.05, 0.1) is 6.04 Å². The first-order valence-corrected chi connectivity index (χ1v) is 5.87. The van der Waals surface area contributed by atoms with Gasteiger partial charge in [-0.15, -0.1) is 0 Å². The third-order valence-electron chi connectivity index (χ3n) is 2.76. The molecule has 0 aliphatic carbocycles. The van der Waals surface area contributed by atoms with E-state index >= 15 is 0 Å². The Morgan fingerprint density at radius 2 is 2.11 bits per heavy atom. The van der Waals surface area contributed by atoms with Crippen LogP contribution in [-0.2, 0) is 6.54 Å². The maximum Gasteiger partial charge on any atom is 0.171 e. The average molecular weight is 255 g/mol. The molecule has 3 rings (SSSR count). The maximum absolute atomic E-state index is 6.12. The molecule has 7 heteroatoms. The number of aromatic amines is 1. The third kappa shape index (κ3) is 2.50. The van der Waals surface area contributed by atoms with Crippen LogP contribution in [-0.4, -0.2) is 29.9 Å². The molecule has 0 spiro atoms. The second kappa shape index (κ2) is 4.99. The van der Waals surface area contributed by atoms with Crippen molar-refractivity contribution in [3.05, 3.63) is 60.2 Å². The van der Waals surface area contributed by atoms with Gasteiger partial charge in [-0.25, -0.2) is 14.6 Å². The lowest BCUT2D eigenvalue weighted by atomic mass is 10.1. The Morgan fingerprint density at radius 3 is 2.84 bits per heavy atom. The van der Waals surface area contributed by atoms with Gasteiger partial charge < -0.3 is 5.73 Å². The third-order valence-corrected chi connectivity index (χ3v) is 2.76. The molecule has 3 N–H and O–H groups in total. The number of H-pyrrole nitrogens is 1. The number of aromatic nitrogens is 6. The van der Waals surface area contributed by atoms with Crippen LogP contribution in [0.5, 0.6) is 0 Å². The van der Waals surface area contributed by atoms with E-state index in [9.17, 15) is 0 Å². The molecule has 0 aliphatic heterocycles. The van der Waals surface area contributed by atoms with Gasteiger partial charge in [0.15, 0.2) is 5.82 Å². The smallest absolute Gasteiger partial charge is 0.171 e. The largest absolute Gasteiger partial charge is 0.318 e. The van der Waals surface area contributed by atoms with Crippen molar-refractivity contribution in [3.63, 3.8) is 0 Å². The van der Waals surface area contributed by atoms with Crippen molar-refractivity contribution in [2.75, 3.05) is 0 Å². The molecule has 0 amide bonds. The van der Waals surface area contributed by atoms with Gasteiger partial charge in [0.1, 0.15) is 25.0 Å². The van der Waals surface area contributed by atoms with Gasteiger partial charge in [0.2, 0.25) is 0 Å². The van der Waals surface area contributed by atoms with Crippen LogP contribution in [0.15, 0.2) is 43.0 Å². The molecule has 7 nitrogen and oxygen atoms in total. The van der Waals surface area contributed by atoms with Crippen molar-refractivity contribution in [2.45, 2.75) is 12.6 Å². The summed E-state index contributed by atoms with van der Waals surface area (Å²) >= 11 is 0. The highest BCUT2D eigenvalue weighted by Gasteiger charge is 2.14. The molecule has 0 saturated carbocycles. The molecule has 1 aromatic carbocycles. The SMILES string of the molecule is N[C@@H](c1ccccc1)c1n[nH]c(Cn2cncn2)n1. The van der Waals surface area contributed by atoms with E-state index in [1.807, 2.05) is 30.3 Å². The Bertz CT molecular complexity index is 629. The minimum absolute atomic E-state index is 0.332. The van der Waals surface area contributed by atoms with E-state index < -0.39 is 0 Å². The van der Waals surface area contributed by atoms with E-state index in [1.54, 1.807) is 11.0 Å². The van der Waals surface area contributed by atoms with Crippen LogP contribution >= 0.6 is 0 Å². The summed E-state index contributed by atoms with van der Waals surface area (Å²) < 4.78 is 1.67. The van der Waals surface area contributed by atoms with Crippen LogP contribution in [0.2, 0.25) is 0 Å². The van der Waals surface area contributed by atoms with Gasteiger partial charge in [-0.05, 0) is 5.56 Å². The highest BCUT2D eigenvalue weighted by Crippen LogP contribution is 2.15. The highest BCUT2D eigenvalue weighted by molar-refractivity contribution is 5.23. The van der Waals surface area contributed by atoms with E-state index in [4.69, 9.17) is 5.73 Å². The van der Waals surface area contributed by atoms with Crippen molar-refractivity contribution >= 4 is 0 Å². The first-order valence-electron chi connectivity index (χ1n) is 5.87. The molecule has 3 aromatic rings. The molecule has 0 saturated heterocycles. The standard InChI is InChI=1S/C12H13N7/c13-11(9-4-2-1-3-5-9)12-16-10(17-18-12)6-19-8-14-7-15-19/h1-5,7-8,11H,6,13H2,(H,16,17,18)/t11-/m0/s1. The first-order chi connectivity index (χ1) is 9.33. The van der Waals surface area contributed by atoms with Gasteiger partial charge in [0.25, 0.3) is 0 Å². The van der Waals surface area contributed by atoms with Crippen molar-refractivity contribution in [3.8, 4) is 0 Å². The summed E-state index contributed by atoms with van der Waals surface area (Å²) in [4.78, 5) is 8.25. The Balaban J connectivity index is 1.78. The lowest BCUT2D eigenvalue weighted by molar-refractivity contribution is 0.655. The fourth-order valence-electron chi connectivity index (χ4n) is 1.80. The molecule has 0 unspecified atom stereocenters. The Morgan fingerprint density at radius 1 is 1.26 bits per heavy atom. The van der Waals surface area contributed by atoms with Crippen LogP contribution < -0.4 is 5.73 Å². The number of nitrogens with zero attached hydrogens (tertiary/aromatic N) is 5. The highest BCUT2D eigenvalue weighted by atomic mass is 15.3. The predicted octanol–water partition coefficient (Wildman–Crippen LogP) is 0.493. The second-order valence-corrected chi connectivity index (χ2v) is 4.12. The molecule has 0 radical (unpaired) electrons. The number of rotatable bonds is 4. The number of hydrogen-bond acceptors (Lipinski definition) is 5. The van der Waals surface area contributed by atoms with Crippen molar-refractivity contribution in [1.29, 1.82) is 0 Å². The summed E-state index contributed by atoms with van der Waals surface area (Å²) in [5.41, 5.74) is 7.10. The van der Waals surface area contributed by atoms with E-state index in [1.165, 1.54) is 6.33 Å². The van der Waals surface area contributed by atoms with Gasteiger partial charge in [-0.1, -0.05) is 30.3 Å². The fourth-order valence-corrected chi connectivity index (χ4v) is 1.80. The zero-order chi connectivity index (χ0) is 13.1. The second-order valence-electron chi connectivity index (χ2n) is 4.12. The Labute approximate surface area is 109 Å². The van der Waals surface area contributed by atoms with E-state index in [2.05, 4.69) is 25.3 Å². The number of benzene rings is 1. The molecule has 2 heterocycles. The minimum atomic E-state index is -0.332. The number of hydrogen-bond donors (Lipinski definition) is 2. The quantitative estimate of drug-likeness (QED) is 0.707. The summed E-state index contributed by atoms with van der Waals surface area (Å²) in [5, 5.41) is 11.0. The van der Waals surface area contributed by atoms with Gasteiger partial charge >= 0.3 is 0 Å². The molecule has 96 valence electrons. The van der Waals surface area contributed by atoms with Crippen LogP contribution in [0.25, 0.3) is 0 Å². The van der Waals surface area contributed by atoms with Crippen molar-refractivity contribution < 1.29 is 0 Å². The van der Waals surface area contributed by atoms with Crippen LogP contribution in [0, 0.1) is 0 Å². The molecule has 19 heavy (non-hydrogen) atoms. The van der Waals surface area contributed by atoms with Crippen molar-refractivity contribution in [2.24, 2.45) is 5.73 Å². The van der Waals surface area contributed by atoms with Crippen LogP contribution in [0.3, 0.4) is 0 Å². The molecular formula is C12H13N7. The summed E-state index contributed by atoms with van der Waals surface area (Å²) in [6, 6.07) is 9.42. The summed E-state index contributed by atoms with van der Waals surface area (Å²) in [5.74, 6) is 1.27. The average Bonchev–Trinajstić information content (AvgIpc) is 3.11. The summed E-state index contributed by atoms with van der Waals surface area (Å²) in [7, 11) is 0. The van der Waals surface area contributed by atoms with Gasteiger partial charge in [-0.3, -0.25) is 5.10 Å². The van der Waals surface area contributed by atoms with Crippen LogP contribution in [0.1, 0.15) is 23.3 Å². The maximum atomic E-state index is 6.12. The fraction of sp³-hybridized carbons (Fsp3) is 0.167. The molecular weight excluding hydrogens is 242 g/mol. The van der Waals surface area contributed by atoms with E-state index in [0.717, 1.165) is 5.56 Å². The number of nitrogens with two attached hydrogens (primary N) is 1. The normalized spacial score (nSPS) is 12.5. The Kier molecular flexibility index (Phi) is 3.03. The minimum Gasteiger partial charge on any atom is -0.318 e. The summed E-state index contributed by atoms with van der Waals surface area (Å²) in [6.45, 7) is 0.495. The monoisotopic (exact) mass is 255 g/mol. The molecule has 1 atom stereocenters. The topological polar surface area (TPSA) is 98.3 Å². The van der Waals surface area contributed by atoms with E-state index in [0.29, 0.717) is 18.2 Å².